The van der Waals surface area contributed by atoms with E-state index in [0.717, 1.165) is 0 Å². The van der Waals surface area contributed by atoms with Crippen molar-refractivity contribution >= 4 is 34.8 Å². The van der Waals surface area contributed by atoms with Crippen LogP contribution in [0.4, 0.5) is 11.4 Å². The lowest BCUT2D eigenvalue weighted by Gasteiger charge is -2.12. The van der Waals surface area contributed by atoms with E-state index in [9.17, 15) is 14.9 Å². The second kappa shape index (κ2) is 6.75. The smallest absolute Gasteiger partial charge is 0.306 e. The second-order valence-electron chi connectivity index (χ2n) is 4.81. The van der Waals surface area contributed by atoms with Crippen molar-refractivity contribution in [2.45, 2.75) is 11.8 Å². The van der Waals surface area contributed by atoms with E-state index in [1.165, 1.54) is 11.8 Å². The van der Waals surface area contributed by atoms with E-state index in [1.54, 1.807) is 30.6 Å². The monoisotopic (exact) mass is 343 g/mol. The average molecular weight is 343 g/mol. The fourth-order valence-corrected chi connectivity index (χ4v) is 3.17. The van der Waals surface area contributed by atoms with E-state index >= 15 is 0 Å². The first-order chi connectivity index (χ1) is 11.6. The van der Waals surface area contributed by atoms with Crippen molar-refractivity contribution in [3.63, 3.8) is 0 Å². The van der Waals surface area contributed by atoms with E-state index in [2.05, 4.69) is 20.3 Å². The number of thioether (sulfide) groups is 1. The zero-order chi connectivity index (χ0) is 17.1. The number of aromatic nitrogens is 2. The van der Waals surface area contributed by atoms with Crippen molar-refractivity contribution in [1.82, 2.24) is 9.97 Å². The van der Waals surface area contributed by atoms with Gasteiger partial charge in [0.05, 0.1) is 9.82 Å². The number of nitrogens with one attached hydrogen (secondary N) is 1. The maximum absolute atomic E-state index is 12.0. The highest BCUT2D eigenvalue weighted by Crippen LogP contribution is 2.39. The summed E-state index contributed by atoms with van der Waals surface area (Å²) in [5.41, 5.74) is 0.824. The van der Waals surface area contributed by atoms with E-state index in [-0.39, 0.29) is 17.9 Å². The minimum atomic E-state index is -0.480. The minimum Gasteiger partial charge on any atom is -0.318 e. The van der Waals surface area contributed by atoms with Crippen LogP contribution in [-0.2, 0) is 4.79 Å². The topological polar surface area (TPSA) is 110 Å². The number of hydrogen-bond donors (Lipinski definition) is 1. The molecule has 1 N–H and O–H groups in total. The van der Waals surface area contributed by atoms with Crippen LogP contribution < -0.4 is 5.32 Å². The molecule has 2 aromatic rings. The Morgan fingerprint density at radius 2 is 2.08 bits per heavy atom. The fraction of sp³-hybridized carbons (Fsp3) is 0.200. The molecule has 1 amide bonds. The van der Waals surface area contributed by atoms with Crippen LogP contribution in [0.5, 0.6) is 0 Å². The van der Waals surface area contributed by atoms with E-state index < -0.39 is 10.8 Å². The molecule has 0 fully saturated rings. The molecular weight excluding hydrogens is 330 g/mol. The molecule has 24 heavy (non-hydrogen) atoms. The van der Waals surface area contributed by atoms with Crippen molar-refractivity contribution < 1.29 is 9.72 Å². The van der Waals surface area contributed by atoms with Crippen molar-refractivity contribution in [1.29, 1.82) is 0 Å². The molecule has 9 heteroatoms. The highest BCUT2D eigenvalue weighted by molar-refractivity contribution is 7.99. The third-order valence-electron chi connectivity index (χ3n) is 3.30. The van der Waals surface area contributed by atoms with Gasteiger partial charge in [-0.05, 0) is 24.0 Å². The number of aliphatic imine (C=N–C) groups is 1. The van der Waals surface area contributed by atoms with Gasteiger partial charge < -0.3 is 5.32 Å². The summed E-state index contributed by atoms with van der Waals surface area (Å²) in [6.07, 6.45) is 3.11. The molecule has 3 rings (SSSR count). The van der Waals surface area contributed by atoms with E-state index in [0.29, 0.717) is 27.7 Å². The highest BCUT2D eigenvalue weighted by Gasteiger charge is 2.29. The third kappa shape index (κ3) is 2.98. The maximum atomic E-state index is 12.0. The average Bonchev–Trinajstić information content (AvgIpc) is 2.73. The van der Waals surface area contributed by atoms with E-state index in [4.69, 9.17) is 0 Å². The first-order valence-electron chi connectivity index (χ1n) is 7.18. The maximum Gasteiger partial charge on any atom is 0.306 e. The first-order valence-corrected chi connectivity index (χ1v) is 8.16. The summed E-state index contributed by atoms with van der Waals surface area (Å²) in [5.74, 6) is 0.584. The molecule has 8 nitrogen and oxygen atoms in total. The standard InChI is InChI=1S/C15H13N5O3S/c1-2-24-10-5-4-9-12(14(10)20(22)23)19-11(21)8-18-13(9)15-16-6-3-7-17-15/h3-7H,2,8H2,1H3,(H,19,21). The normalized spacial score (nSPS) is 13.5. The SMILES string of the molecule is CCSc1ccc2c(c1[N+](=O)[O-])NC(=O)CN=C2c1ncccn1. The van der Waals surface area contributed by atoms with Gasteiger partial charge in [-0.1, -0.05) is 6.92 Å². The third-order valence-corrected chi connectivity index (χ3v) is 4.23. The van der Waals surface area contributed by atoms with Crippen LogP contribution in [0.25, 0.3) is 0 Å². The molecule has 122 valence electrons. The van der Waals surface area contributed by atoms with Crippen molar-refractivity contribution in [2.24, 2.45) is 4.99 Å². The number of amides is 1. The van der Waals surface area contributed by atoms with Crippen LogP contribution in [0.15, 0.2) is 40.5 Å². The molecule has 0 saturated heterocycles. The van der Waals surface area contributed by atoms with Gasteiger partial charge in [-0.3, -0.25) is 19.9 Å². The van der Waals surface area contributed by atoms with Crippen LogP contribution in [0.3, 0.4) is 0 Å². The lowest BCUT2D eigenvalue weighted by Crippen LogP contribution is -2.15. The number of nitro benzene ring substituents is 1. The number of benzodiazepines with no additional fused rings is 1. The van der Waals surface area contributed by atoms with Gasteiger partial charge >= 0.3 is 5.69 Å². The Labute approximate surface area is 141 Å². The summed E-state index contributed by atoms with van der Waals surface area (Å²) in [6.45, 7) is 1.76. The molecule has 0 aliphatic carbocycles. The summed E-state index contributed by atoms with van der Waals surface area (Å²) in [5, 5.41) is 14.2. The number of nitrogens with zero attached hydrogens (tertiary/aromatic N) is 4. The molecule has 1 aromatic carbocycles. The summed E-state index contributed by atoms with van der Waals surface area (Å²) in [6, 6.07) is 5.04. The number of carbonyl (C=O) groups excluding carboxylic acids is 1. The predicted molar refractivity (Wildman–Crippen MR) is 90.7 cm³/mol. The summed E-state index contributed by atoms with van der Waals surface area (Å²) in [4.78, 5) is 36.1. The Kier molecular flexibility index (Phi) is 4.52. The molecule has 2 heterocycles. The van der Waals surface area contributed by atoms with Gasteiger partial charge in [-0.25, -0.2) is 9.97 Å². The Morgan fingerprint density at radius 1 is 1.33 bits per heavy atom. The number of benzene rings is 1. The van der Waals surface area contributed by atoms with E-state index in [1.807, 2.05) is 6.92 Å². The minimum absolute atomic E-state index is 0.127. The van der Waals surface area contributed by atoms with Crippen LogP contribution >= 0.6 is 11.8 Å². The van der Waals surface area contributed by atoms with Gasteiger partial charge in [0.15, 0.2) is 5.82 Å². The van der Waals surface area contributed by atoms with Crippen molar-refractivity contribution in [3.05, 3.63) is 52.1 Å². The van der Waals surface area contributed by atoms with Gasteiger partial charge in [0.25, 0.3) is 0 Å². The lowest BCUT2D eigenvalue weighted by atomic mass is 10.1. The fourth-order valence-electron chi connectivity index (χ4n) is 2.38. The number of hydrogen-bond acceptors (Lipinski definition) is 7. The number of rotatable bonds is 4. The molecule has 0 atom stereocenters. The Hall–Kier alpha value is -2.81. The second-order valence-corrected chi connectivity index (χ2v) is 6.12. The van der Waals surface area contributed by atoms with Gasteiger partial charge in [-0.2, -0.15) is 0 Å². The number of nitro groups is 1. The van der Waals surface area contributed by atoms with Gasteiger partial charge in [0.1, 0.15) is 17.9 Å². The van der Waals surface area contributed by atoms with Crippen LogP contribution in [0, 0.1) is 10.1 Å². The first kappa shape index (κ1) is 16.1. The van der Waals surface area contributed by atoms with Crippen LogP contribution in [0.1, 0.15) is 18.3 Å². The van der Waals surface area contributed by atoms with Crippen LogP contribution in [0.2, 0.25) is 0 Å². The number of anilines is 1. The van der Waals surface area contributed by atoms with Gasteiger partial charge in [0, 0.05) is 18.0 Å². The summed E-state index contributed by atoms with van der Waals surface area (Å²) < 4.78 is 0. The summed E-state index contributed by atoms with van der Waals surface area (Å²) >= 11 is 1.34. The van der Waals surface area contributed by atoms with Crippen LogP contribution in [-0.4, -0.2) is 38.8 Å². The number of carbonyl (C=O) groups is 1. The highest BCUT2D eigenvalue weighted by atomic mass is 32.2. The molecular formula is C15H13N5O3S. The van der Waals surface area contributed by atoms with Gasteiger partial charge in [0.2, 0.25) is 5.91 Å². The van der Waals surface area contributed by atoms with Gasteiger partial charge in [-0.15, -0.1) is 11.8 Å². The Bertz CT molecular complexity index is 839. The summed E-state index contributed by atoms with van der Waals surface area (Å²) in [7, 11) is 0. The molecule has 0 radical (unpaired) electrons. The quantitative estimate of drug-likeness (QED) is 0.518. The zero-order valence-corrected chi connectivity index (χ0v) is 13.5. The molecule has 1 aliphatic rings. The molecule has 1 aromatic heterocycles. The molecule has 1 aliphatic heterocycles. The zero-order valence-electron chi connectivity index (χ0n) is 12.7. The number of fused-ring (bicyclic) bond motifs is 1. The molecule has 0 saturated carbocycles. The van der Waals surface area contributed by atoms with Crippen molar-refractivity contribution in [2.75, 3.05) is 17.6 Å². The molecule has 0 unspecified atom stereocenters. The van der Waals surface area contributed by atoms with Crippen molar-refractivity contribution in [3.8, 4) is 0 Å². The molecule has 0 spiro atoms. The lowest BCUT2D eigenvalue weighted by molar-refractivity contribution is -0.386. The molecule has 0 bridgehead atoms. The predicted octanol–water partition coefficient (Wildman–Crippen LogP) is 2.29. The Balaban J connectivity index is 2.25. The Morgan fingerprint density at radius 3 is 2.75 bits per heavy atom. The largest absolute Gasteiger partial charge is 0.318 e.